The lowest BCUT2D eigenvalue weighted by atomic mass is 9.76. The van der Waals surface area contributed by atoms with Gasteiger partial charge in [-0.15, -0.1) is 0 Å². The number of hydrogen-bond acceptors (Lipinski definition) is 3. The molecule has 0 radical (unpaired) electrons. The number of fused-ring (bicyclic) bond motifs is 1. The maximum Gasteiger partial charge on any atom is 0.323 e. The average Bonchev–Trinajstić information content (AvgIpc) is 3.59. The molecule has 2 amide bonds. The second kappa shape index (κ2) is 11.0. The van der Waals surface area contributed by atoms with Crippen LogP contribution in [0.4, 0.5) is 4.79 Å². The lowest BCUT2D eigenvalue weighted by molar-refractivity contribution is -0.0577. The number of urea groups is 1. The standard InChI is InChI=1S/C32H40N2O3Si/c1-4-38(5-2,6-3)37-30-28-23-16-24-33(28)31(35)34(30)29(25-17-10-7-11-18-25)32(36,26-19-12-8-13-20-26)27-21-14-9-15-22-27/h7-15,17-22,28-30,36H,4-6,16,23-24H2,1-3H3/t28-,29-,30+/m0/s1/i29D. The van der Waals surface area contributed by atoms with Crippen LogP contribution in [0.5, 0.6) is 0 Å². The number of carbonyl (C=O) groups excluding carboxylic acids is 1. The zero-order valence-electron chi connectivity index (χ0n) is 23.7. The molecule has 3 atom stereocenters. The maximum absolute atomic E-state index is 14.4. The van der Waals surface area contributed by atoms with E-state index in [0.717, 1.165) is 31.0 Å². The normalized spacial score (nSPS) is 21.8. The summed E-state index contributed by atoms with van der Waals surface area (Å²) in [6.07, 6.45) is 1.12. The van der Waals surface area contributed by atoms with E-state index in [2.05, 4.69) is 20.8 Å². The van der Waals surface area contributed by atoms with Crippen LogP contribution >= 0.6 is 0 Å². The fourth-order valence-electron chi connectivity index (χ4n) is 6.27. The first-order valence-corrected chi connectivity index (χ1v) is 16.6. The van der Waals surface area contributed by atoms with Gasteiger partial charge in [-0.2, -0.15) is 0 Å². The van der Waals surface area contributed by atoms with Gasteiger partial charge in [-0.3, -0.25) is 4.90 Å². The second-order valence-corrected chi connectivity index (χ2v) is 15.2. The molecule has 6 heteroatoms. The van der Waals surface area contributed by atoms with Crippen LogP contribution in [-0.4, -0.2) is 48.1 Å². The molecule has 2 aliphatic heterocycles. The molecule has 2 heterocycles. The molecule has 2 fully saturated rings. The molecule has 3 aromatic rings. The Hall–Kier alpha value is -2.93. The monoisotopic (exact) mass is 529 g/mol. The zero-order chi connectivity index (χ0) is 27.7. The van der Waals surface area contributed by atoms with Crippen molar-refractivity contribution in [1.29, 1.82) is 0 Å². The number of amides is 2. The zero-order valence-corrected chi connectivity index (χ0v) is 23.7. The fourth-order valence-corrected chi connectivity index (χ4v) is 9.05. The lowest BCUT2D eigenvalue weighted by Crippen LogP contribution is -2.54. The van der Waals surface area contributed by atoms with Crippen LogP contribution in [0.25, 0.3) is 0 Å². The summed E-state index contributed by atoms with van der Waals surface area (Å²) in [5.74, 6) is 0. The molecular formula is C32H40N2O3Si. The molecule has 2 saturated heterocycles. The molecule has 2 aliphatic rings. The molecule has 0 aliphatic carbocycles. The Labute approximate surface area is 229 Å². The second-order valence-electron chi connectivity index (χ2n) is 10.5. The van der Waals surface area contributed by atoms with Gasteiger partial charge in [0.2, 0.25) is 0 Å². The van der Waals surface area contributed by atoms with E-state index in [-0.39, 0.29) is 12.1 Å². The fraction of sp³-hybridized carbons (Fsp3) is 0.406. The van der Waals surface area contributed by atoms with Crippen molar-refractivity contribution in [2.75, 3.05) is 6.54 Å². The molecule has 0 unspecified atom stereocenters. The van der Waals surface area contributed by atoms with Crippen LogP contribution in [-0.2, 0) is 10.0 Å². The van der Waals surface area contributed by atoms with Crippen molar-refractivity contribution in [2.45, 2.75) is 75.6 Å². The van der Waals surface area contributed by atoms with E-state index in [0.29, 0.717) is 23.2 Å². The predicted octanol–water partition coefficient (Wildman–Crippen LogP) is 6.91. The van der Waals surface area contributed by atoms with Crippen molar-refractivity contribution < 1.29 is 15.7 Å². The summed E-state index contributed by atoms with van der Waals surface area (Å²) < 4.78 is 17.6. The lowest BCUT2D eigenvalue weighted by Gasteiger charge is -2.46. The minimum absolute atomic E-state index is 0.141. The van der Waals surface area contributed by atoms with E-state index in [4.69, 9.17) is 4.43 Å². The summed E-state index contributed by atoms with van der Waals surface area (Å²) >= 11 is 0. The third-order valence-corrected chi connectivity index (χ3v) is 13.3. The first kappa shape index (κ1) is 25.4. The molecule has 5 nitrogen and oxygen atoms in total. The van der Waals surface area contributed by atoms with Crippen LogP contribution in [0.15, 0.2) is 91.0 Å². The molecule has 38 heavy (non-hydrogen) atoms. The van der Waals surface area contributed by atoms with Gasteiger partial charge in [0.05, 0.1) is 13.4 Å². The Balaban J connectivity index is 1.80. The van der Waals surface area contributed by atoms with Crippen LogP contribution in [0.2, 0.25) is 18.1 Å². The number of carbonyl (C=O) groups is 1. The van der Waals surface area contributed by atoms with Crippen molar-refractivity contribution in [2.24, 2.45) is 0 Å². The molecule has 0 spiro atoms. The van der Waals surface area contributed by atoms with E-state index in [1.165, 1.54) is 0 Å². The highest BCUT2D eigenvalue weighted by Gasteiger charge is 2.58. The summed E-state index contributed by atoms with van der Waals surface area (Å²) in [7, 11) is -2.20. The number of hydrogen-bond donors (Lipinski definition) is 1. The number of benzene rings is 3. The van der Waals surface area contributed by atoms with Crippen molar-refractivity contribution >= 4 is 14.3 Å². The summed E-state index contributed by atoms with van der Waals surface area (Å²) in [6.45, 7) is 7.19. The van der Waals surface area contributed by atoms with Gasteiger partial charge in [0.25, 0.3) is 0 Å². The molecule has 0 aromatic heterocycles. The summed E-state index contributed by atoms with van der Waals surface area (Å²) in [6, 6.07) is 28.5. The highest BCUT2D eigenvalue weighted by molar-refractivity contribution is 6.73. The first-order chi connectivity index (χ1) is 18.9. The third kappa shape index (κ3) is 4.49. The minimum atomic E-state index is -2.20. The molecule has 0 bridgehead atoms. The Morgan fingerprint density at radius 1 is 0.921 bits per heavy atom. The SMILES string of the molecule is [2H][C@@](c1ccccc1)(N1C(=O)N2CCC[C@H]2[C@H]1O[Si](CC)(CC)CC)C(O)(c1ccccc1)c1ccccc1. The number of aliphatic hydroxyl groups is 1. The van der Waals surface area contributed by atoms with Gasteiger partial charge >= 0.3 is 6.03 Å². The van der Waals surface area contributed by atoms with Gasteiger partial charge in [-0.05, 0) is 47.7 Å². The smallest absolute Gasteiger partial charge is 0.323 e. The summed E-state index contributed by atoms with van der Waals surface area (Å²) in [4.78, 5) is 17.9. The minimum Gasteiger partial charge on any atom is -0.395 e. The summed E-state index contributed by atoms with van der Waals surface area (Å²) in [5.41, 5.74) is -0.236. The van der Waals surface area contributed by atoms with Crippen molar-refractivity contribution in [3.05, 3.63) is 108 Å². The topological polar surface area (TPSA) is 53.0 Å². The van der Waals surface area contributed by atoms with Crippen LogP contribution in [0.3, 0.4) is 0 Å². The molecule has 5 rings (SSSR count). The Kier molecular flexibility index (Phi) is 7.37. The number of nitrogens with zero attached hydrogens (tertiary/aromatic N) is 2. The van der Waals surface area contributed by atoms with Crippen LogP contribution in [0.1, 0.15) is 57.7 Å². The molecular weight excluding hydrogens is 488 g/mol. The highest BCUT2D eigenvalue weighted by atomic mass is 28.4. The van der Waals surface area contributed by atoms with E-state index in [1.807, 2.05) is 95.9 Å². The quantitative estimate of drug-likeness (QED) is 0.290. The summed E-state index contributed by atoms with van der Waals surface area (Å²) in [5, 5.41) is 13.1. The number of rotatable bonds is 10. The third-order valence-electron chi connectivity index (χ3n) is 8.65. The molecule has 1 N–H and O–H groups in total. The Morgan fingerprint density at radius 2 is 1.42 bits per heavy atom. The van der Waals surface area contributed by atoms with E-state index < -0.39 is 26.2 Å². The first-order valence-electron chi connectivity index (χ1n) is 14.5. The van der Waals surface area contributed by atoms with E-state index in [9.17, 15) is 11.3 Å². The van der Waals surface area contributed by atoms with Crippen LogP contribution in [0, 0.1) is 0 Å². The van der Waals surface area contributed by atoms with Gasteiger partial charge in [-0.25, -0.2) is 4.79 Å². The average molecular weight is 530 g/mol. The molecule has 0 saturated carbocycles. The Bertz CT molecular complexity index is 1210. The Morgan fingerprint density at radius 3 is 1.92 bits per heavy atom. The molecule has 3 aromatic carbocycles. The maximum atomic E-state index is 14.4. The van der Waals surface area contributed by atoms with Crippen molar-refractivity contribution in [3.8, 4) is 0 Å². The highest BCUT2D eigenvalue weighted by Crippen LogP contribution is 2.49. The van der Waals surface area contributed by atoms with Gasteiger partial charge in [-0.1, -0.05) is 112 Å². The van der Waals surface area contributed by atoms with E-state index in [1.54, 1.807) is 4.90 Å². The van der Waals surface area contributed by atoms with Crippen molar-refractivity contribution in [1.82, 2.24) is 9.80 Å². The van der Waals surface area contributed by atoms with E-state index >= 15 is 0 Å². The van der Waals surface area contributed by atoms with Gasteiger partial charge in [0, 0.05) is 6.54 Å². The predicted molar refractivity (Wildman–Crippen MR) is 154 cm³/mol. The van der Waals surface area contributed by atoms with Gasteiger partial charge < -0.3 is 14.4 Å². The van der Waals surface area contributed by atoms with Crippen molar-refractivity contribution in [3.63, 3.8) is 0 Å². The largest absolute Gasteiger partial charge is 0.395 e. The van der Waals surface area contributed by atoms with Crippen LogP contribution < -0.4 is 0 Å². The van der Waals surface area contributed by atoms with Gasteiger partial charge in [0.1, 0.15) is 11.8 Å². The molecule has 200 valence electrons. The van der Waals surface area contributed by atoms with Gasteiger partial charge in [0.15, 0.2) is 8.32 Å².